The van der Waals surface area contributed by atoms with Crippen LogP contribution >= 0.6 is 24.0 Å². The maximum absolute atomic E-state index is 12.9. The van der Waals surface area contributed by atoms with Crippen LogP contribution in [0.5, 0.6) is 0 Å². The monoisotopic (exact) mass is 302 g/mol. The highest BCUT2D eigenvalue weighted by Gasteiger charge is 2.46. The fourth-order valence-corrected chi connectivity index (χ4v) is 4.18. The zero-order chi connectivity index (χ0) is 14.1. The van der Waals surface area contributed by atoms with Gasteiger partial charge in [-0.15, -0.1) is 0 Å². The summed E-state index contributed by atoms with van der Waals surface area (Å²) in [5.74, 6) is 1.08. The van der Waals surface area contributed by atoms with E-state index in [0.29, 0.717) is 31.0 Å². The Kier molecular flexibility index (Phi) is 4.42. The first-order chi connectivity index (χ1) is 8.87. The van der Waals surface area contributed by atoms with Crippen molar-refractivity contribution in [1.29, 1.82) is 0 Å². The van der Waals surface area contributed by atoms with Crippen molar-refractivity contribution in [2.45, 2.75) is 31.4 Å². The number of nitrogens with two attached hydrogens (primary N) is 1. The van der Waals surface area contributed by atoms with E-state index in [1.807, 2.05) is 16.7 Å². The van der Waals surface area contributed by atoms with Gasteiger partial charge >= 0.3 is 0 Å². The predicted octanol–water partition coefficient (Wildman–Crippen LogP) is 1.42. The van der Waals surface area contributed by atoms with Crippen LogP contribution < -0.4 is 5.73 Å². The quantitative estimate of drug-likeness (QED) is 0.782. The summed E-state index contributed by atoms with van der Waals surface area (Å²) in [6, 6.07) is 0. The molecule has 0 radical (unpaired) electrons. The van der Waals surface area contributed by atoms with Gasteiger partial charge in [-0.2, -0.15) is 11.8 Å². The fraction of sp³-hybridized carbons (Fsp3) is 0.846. The summed E-state index contributed by atoms with van der Waals surface area (Å²) in [7, 11) is 0. The molecule has 19 heavy (non-hydrogen) atoms. The Balaban J connectivity index is 2.18. The molecule has 0 atom stereocenters. The van der Waals surface area contributed by atoms with E-state index in [2.05, 4.69) is 13.8 Å². The van der Waals surface area contributed by atoms with E-state index >= 15 is 0 Å². The van der Waals surface area contributed by atoms with Crippen LogP contribution in [0.3, 0.4) is 0 Å². The Morgan fingerprint density at radius 1 is 1.37 bits per heavy atom. The highest BCUT2D eigenvalue weighted by atomic mass is 32.2. The molecule has 2 fully saturated rings. The molecule has 0 saturated carbocycles. The first kappa shape index (κ1) is 15.1. The Morgan fingerprint density at radius 2 is 2.00 bits per heavy atom. The van der Waals surface area contributed by atoms with E-state index in [0.717, 1.165) is 18.8 Å². The minimum atomic E-state index is -0.675. The second-order valence-electron chi connectivity index (χ2n) is 5.89. The molecule has 0 aliphatic carbocycles. The van der Waals surface area contributed by atoms with E-state index < -0.39 is 5.41 Å². The summed E-state index contributed by atoms with van der Waals surface area (Å²) in [5, 5.41) is 0. The molecule has 2 heterocycles. The number of carbonyl (C=O) groups excluding carboxylic acids is 1. The average molecular weight is 302 g/mol. The zero-order valence-electron chi connectivity index (χ0n) is 11.6. The SMILES string of the molecule is CC1(C)CN(C(=O)C2(C(N)=S)CCOCC2)CCS1. The van der Waals surface area contributed by atoms with E-state index in [4.69, 9.17) is 22.7 Å². The van der Waals surface area contributed by atoms with Gasteiger partial charge in [0.25, 0.3) is 0 Å². The molecule has 0 aromatic rings. The minimum Gasteiger partial charge on any atom is -0.392 e. The van der Waals surface area contributed by atoms with Gasteiger partial charge in [0.05, 0.1) is 4.99 Å². The maximum atomic E-state index is 12.9. The molecular weight excluding hydrogens is 280 g/mol. The van der Waals surface area contributed by atoms with Crippen molar-refractivity contribution in [1.82, 2.24) is 4.90 Å². The van der Waals surface area contributed by atoms with Crippen molar-refractivity contribution in [3.63, 3.8) is 0 Å². The molecule has 0 aromatic carbocycles. The summed E-state index contributed by atoms with van der Waals surface area (Å²) in [6.07, 6.45) is 1.23. The van der Waals surface area contributed by atoms with Gasteiger partial charge in [-0.1, -0.05) is 12.2 Å². The molecule has 2 aliphatic heterocycles. The molecule has 0 bridgehead atoms. The Morgan fingerprint density at radius 3 is 2.53 bits per heavy atom. The molecule has 0 unspecified atom stereocenters. The Hall–Kier alpha value is -0.330. The smallest absolute Gasteiger partial charge is 0.235 e. The molecule has 2 rings (SSSR count). The van der Waals surface area contributed by atoms with Crippen LogP contribution in [0.2, 0.25) is 0 Å². The first-order valence-corrected chi connectivity index (χ1v) is 8.08. The van der Waals surface area contributed by atoms with Crippen LogP contribution in [0.25, 0.3) is 0 Å². The van der Waals surface area contributed by atoms with Crippen LogP contribution in [0.4, 0.5) is 0 Å². The summed E-state index contributed by atoms with van der Waals surface area (Å²) in [6.45, 7) is 7.03. The van der Waals surface area contributed by atoms with E-state index in [1.165, 1.54) is 0 Å². The maximum Gasteiger partial charge on any atom is 0.235 e. The third-order valence-corrected chi connectivity index (χ3v) is 5.63. The van der Waals surface area contributed by atoms with Gasteiger partial charge in [0.2, 0.25) is 5.91 Å². The molecule has 108 valence electrons. The minimum absolute atomic E-state index is 0.108. The molecule has 2 N–H and O–H groups in total. The lowest BCUT2D eigenvalue weighted by molar-refractivity contribution is -0.142. The lowest BCUT2D eigenvalue weighted by Crippen LogP contribution is -2.57. The van der Waals surface area contributed by atoms with Crippen LogP contribution in [-0.2, 0) is 9.53 Å². The number of hydrogen-bond acceptors (Lipinski definition) is 4. The van der Waals surface area contributed by atoms with Gasteiger partial charge in [0.1, 0.15) is 5.41 Å². The number of rotatable bonds is 2. The van der Waals surface area contributed by atoms with Gasteiger partial charge < -0.3 is 15.4 Å². The summed E-state index contributed by atoms with van der Waals surface area (Å²) in [5.41, 5.74) is 5.23. The van der Waals surface area contributed by atoms with Gasteiger partial charge in [-0.3, -0.25) is 4.79 Å². The molecule has 1 amide bonds. The highest BCUT2D eigenvalue weighted by molar-refractivity contribution is 8.00. The first-order valence-electron chi connectivity index (χ1n) is 6.68. The summed E-state index contributed by atoms with van der Waals surface area (Å²) < 4.78 is 5.47. The van der Waals surface area contributed by atoms with Crippen molar-refractivity contribution in [3.05, 3.63) is 0 Å². The van der Waals surface area contributed by atoms with Crippen LogP contribution in [0.1, 0.15) is 26.7 Å². The number of ether oxygens (including phenoxy) is 1. The second-order valence-corrected chi connectivity index (χ2v) is 8.14. The average Bonchev–Trinajstić information content (AvgIpc) is 2.37. The number of thiocarbonyl (C=S) groups is 1. The molecular formula is C13H22N2O2S2. The van der Waals surface area contributed by atoms with Crippen molar-refractivity contribution < 1.29 is 9.53 Å². The number of thioether (sulfide) groups is 1. The van der Waals surface area contributed by atoms with Gasteiger partial charge in [0, 0.05) is 36.8 Å². The lowest BCUT2D eigenvalue weighted by atomic mass is 9.78. The summed E-state index contributed by atoms with van der Waals surface area (Å²) >= 11 is 7.11. The third kappa shape index (κ3) is 3.06. The van der Waals surface area contributed by atoms with E-state index in [1.54, 1.807) is 0 Å². The van der Waals surface area contributed by atoms with Crippen molar-refractivity contribution in [2.24, 2.45) is 11.1 Å². The topological polar surface area (TPSA) is 55.6 Å². The molecule has 4 nitrogen and oxygen atoms in total. The number of hydrogen-bond donors (Lipinski definition) is 1. The molecule has 0 spiro atoms. The predicted molar refractivity (Wildman–Crippen MR) is 82.4 cm³/mol. The molecule has 2 saturated heterocycles. The normalized spacial score (nSPS) is 25.9. The van der Waals surface area contributed by atoms with Gasteiger partial charge in [-0.05, 0) is 26.7 Å². The standard InChI is InChI=1S/C13H22N2O2S2/c1-12(2)9-15(5-8-19-12)11(16)13(10(14)18)3-6-17-7-4-13/h3-9H2,1-2H3,(H2,14,18). The number of amides is 1. The summed E-state index contributed by atoms with van der Waals surface area (Å²) in [4.78, 5) is 15.2. The molecule has 0 aromatic heterocycles. The lowest BCUT2D eigenvalue weighted by Gasteiger charge is -2.43. The van der Waals surface area contributed by atoms with Crippen molar-refractivity contribution >= 4 is 34.9 Å². The van der Waals surface area contributed by atoms with Crippen molar-refractivity contribution in [3.8, 4) is 0 Å². The van der Waals surface area contributed by atoms with Crippen LogP contribution in [0, 0.1) is 5.41 Å². The third-order valence-electron chi connectivity index (χ3n) is 3.94. The fourth-order valence-electron chi connectivity index (χ4n) is 2.78. The van der Waals surface area contributed by atoms with Crippen LogP contribution in [-0.4, -0.2) is 52.6 Å². The zero-order valence-corrected chi connectivity index (χ0v) is 13.2. The van der Waals surface area contributed by atoms with E-state index in [-0.39, 0.29) is 10.7 Å². The largest absolute Gasteiger partial charge is 0.392 e. The van der Waals surface area contributed by atoms with Crippen LogP contribution in [0.15, 0.2) is 0 Å². The number of nitrogens with zero attached hydrogens (tertiary/aromatic N) is 1. The molecule has 2 aliphatic rings. The van der Waals surface area contributed by atoms with Crippen molar-refractivity contribution in [2.75, 3.05) is 32.1 Å². The van der Waals surface area contributed by atoms with E-state index in [9.17, 15) is 4.79 Å². The number of carbonyl (C=O) groups is 1. The Labute approximate surface area is 124 Å². The molecule has 6 heteroatoms. The highest BCUT2D eigenvalue weighted by Crippen LogP contribution is 2.37. The van der Waals surface area contributed by atoms with Gasteiger partial charge in [-0.25, -0.2) is 0 Å². The Bertz CT molecular complexity index is 379. The van der Waals surface area contributed by atoms with Gasteiger partial charge in [0.15, 0.2) is 0 Å². The second kappa shape index (κ2) is 5.58.